The van der Waals surface area contributed by atoms with Gasteiger partial charge in [0, 0.05) is 17.0 Å². The van der Waals surface area contributed by atoms with E-state index in [2.05, 4.69) is 9.98 Å². The topological polar surface area (TPSA) is 94.9 Å². The van der Waals surface area contributed by atoms with Crippen molar-refractivity contribution in [3.8, 4) is 28.5 Å². The number of nitrogens with zero attached hydrogens (tertiary/aromatic N) is 1. The molecular weight excluding hydrogens is 423 g/mol. The maximum absolute atomic E-state index is 13.7. The van der Waals surface area contributed by atoms with Gasteiger partial charge < -0.3 is 14.9 Å². The van der Waals surface area contributed by atoms with Gasteiger partial charge in [-0.05, 0) is 59.5 Å². The minimum Gasteiger partial charge on any atom is -0.504 e. The second-order valence-corrected chi connectivity index (χ2v) is 7.61. The molecule has 0 amide bonds. The first kappa shape index (κ1) is 22.1. The maximum atomic E-state index is 13.7. The van der Waals surface area contributed by atoms with E-state index in [1.807, 2.05) is 6.92 Å². The average molecular weight is 446 g/mol. The number of aliphatic imine (C=N–C) groups is 1. The van der Waals surface area contributed by atoms with Crippen molar-refractivity contribution >= 4 is 17.0 Å². The van der Waals surface area contributed by atoms with Crippen LogP contribution in [-0.2, 0) is 6.54 Å². The normalized spacial score (nSPS) is 11.3. The fraction of sp³-hybridized carbons (Fsp3) is 0.154. The fourth-order valence-electron chi connectivity index (χ4n) is 3.55. The summed E-state index contributed by atoms with van der Waals surface area (Å²) in [7, 11) is 0. The summed E-state index contributed by atoms with van der Waals surface area (Å²) < 4.78 is 19.1. The van der Waals surface area contributed by atoms with Crippen LogP contribution < -0.4 is 10.3 Å². The summed E-state index contributed by atoms with van der Waals surface area (Å²) >= 11 is 0. The first-order valence-electron chi connectivity index (χ1n) is 10.6. The zero-order valence-electron chi connectivity index (χ0n) is 18.0. The van der Waals surface area contributed by atoms with Gasteiger partial charge in [0.1, 0.15) is 5.82 Å². The molecule has 33 heavy (non-hydrogen) atoms. The van der Waals surface area contributed by atoms with Crippen molar-refractivity contribution in [2.24, 2.45) is 4.99 Å². The first-order valence-corrected chi connectivity index (χ1v) is 10.6. The van der Waals surface area contributed by atoms with Gasteiger partial charge in [0.05, 0.1) is 18.7 Å². The molecule has 3 N–H and O–H groups in total. The third kappa shape index (κ3) is 4.87. The number of aromatic nitrogens is 1. The Bertz CT molecular complexity index is 1400. The van der Waals surface area contributed by atoms with E-state index in [4.69, 9.17) is 4.74 Å². The predicted molar refractivity (Wildman–Crippen MR) is 127 cm³/mol. The Kier molecular flexibility index (Phi) is 6.40. The van der Waals surface area contributed by atoms with Crippen LogP contribution in [-0.4, -0.2) is 28.0 Å². The molecule has 4 aromatic rings. The molecule has 0 unspecified atom stereocenters. The lowest BCUT2D eigenvalue weighted by atomic mass is 9.99. The van der Waals surface area contributed by atoms with Crippen molar-refractivity contribution in [3.63, 3.8) is 0 Å². The van der Waals surface area contributed by atoms with Crippen molar-refractivity contribution in [2.75, 3.05) is 6.61 Å². The quantitative estimate of drug-likeness (QED) is 0.342. The summed E-state index contributed by atoms with van der Waals surface area (Å²) in [4.78, 5) is 19.1. The molecule has 7 heteroatoms. The molecule has 0 saturated heterocycles. The molecule has 0 aliphatic carbocycles. The molecule has 0 atom stereocenters. The van der Waals surface area contributed by atoms with Crippen LogP contribution >= 0.6 is 0 Å². The van der Waals surface area contributed by atoms with Gasteiger partial charge in [-0.15, -0.1) is 0 Å². The number of benzene rings is 3. The Morgan fingerprint density at radius 1 is 1.03 bits per heavy atom. The molecule has 3 aromatic carbocycles. The monoisotopic (exact) mass is 446 g/mol. The molecule has 0 saturated carbocycles. The van der Waals surface area contributed by atoms with E-state index in [9.17, 15) is 19.4 Å². The molecule has 0 aliphatic rings. The van der Waals surface area contributed by atoms with Crippen LogP contribution in [0.4, 0.5) is 4.39 Å². The smallest absolute Gasteiger partial charge is 0.258 e. The number of phenols is 1. The standard InChI is InChI=1S/C26H23FN2O4/c1-2-10-33-24-9-6-16(11-23(24)30)14-28-15-22-21-13-18(17-4-3-5-19(27)12-17)7-8-20(21)25(31)29-26(22)32/h3-9,11-13,15,30H,2,10,14H2,1H3,(H2,29,31,32). The summed E-state index contributed by atoms with van der Waals surface area (Å²) in [6.07, 6.45) is 2.31. The van der Waals surface area contributed by atoms with Crippen molar-refractivity contribution < 1.29 is 19.3 Å². The van der Waals surface area contributed by atoms with E-state index in [1.54, 1.807) is 48.5 Å². The van der Waals surface area contributed by atoms with Gasteiger partial charge in [-0.25, -0.2) is 4.39 Å². The van der Waals surface area contributed by atoms with E-state index in [0.717, 1.165) is 12.0 Å². The van der Waals surface area contributed by atoms with E-state index in [1.165, 1.54) is 18.3 Å². The molecule has 1 heterocycles. The van der Waals surface area contributed by atoms with Crippen molar-refractivity contribution in [2.45, 2.75) is 19.9 Å². The van der Waals surface area contributed by atoms with Crippen LogP contribution in [0.25, 0.3) is 21.9 Å². The second kappa shape index (κ2) is 9.56. The number of hydrogen-bond acceptors (Lipinski definition) is 5. The highest BCUT2D eigenvalue weighted by atomic mass is 19.1. The van der Waals surface area contributed by atoms with Crippen LogP contribution in [0.15, 0.2) is 70.5 Å². The van der Waals surface area contributed by atoms with Crippen molar-refractivity contribution in [1.82, 2.24) is 4.98 Å². The number of halogens is 1. The van der Waals surface area contributed by atoms with Gasteiger partial charge in [0.2, 0.25) is 5.88 Å². The molecule has 0 bridgehead atoms. The molecular formula is C26H23FN2O4. The molecule has 1 aromatic heterocycles. The lowest BCUT2D eigenvalue weighted by Crippen LogP contribution is -2.08. The zero-order chi connectivity index (χ0) is 23.4. The number of hydrogen-bond donors (Lipinski definition) is 3. The van der Waals surface area contributed by atoms with Gasteiger partial charge in [0.15, 0.2) is 11.5 Å². The maximum Gasteiger partial charge on any atom is 0.258 e. The highest BCUT2D eigenvalue weighted by Crippen LogP contribution is 2.29. The van der Waals surface area contributed by atoms with Crippen molar-refractivity contribution in [3.05, 3.63) is 88.0 Å². The molecule has 168 valence electrons. The first-order chi connectivity index (χ1) is 16.0. The number of rotatable bonds is 7. The number of fused-ring (bicyclic) bond motifs is 1. The molecule has 0 aliphatic heterocycles. The number of aromatic hydroxyl groups is 2. The van der Waals surface area contributed by atoms with E-state index < -0.39 is 5.56 Å². The van der Waals surface area contributed by atoms with Gasteiger partial charge in [-0.2, -0.15) is 0 Å². The van der Waals surface area contributed by atoms with Crippen LogP contribution in [0.1, 0.15) is 24.5 Å². The largest absolute Gasteiger partial charge is 0.504 e. The number of aromatic amines is 1. The summed E-state index contributed by atoms with van der Waals surface area (Å²) in [5, 5.41) is 21.4. The molecule has 0 spiro atoms. The Morgan fingerprint density at radius 2 is 1.85 bits per heavy atom. The van der Waals surface area contributed by atoms with Gasteiger partial charge >= 0.3 is 0 Å². The SMILES string of the molecule is CCCOc1ccc(CN=Cc2c(O)[nH]c(=O)c3ccc(-c4cccc(F)c4)cc23)cc1O. The van der Waals surface area contributed by atoms with E-state index >= 15 is 0 Å². The number of pyridine rings is 1. The molecule has 4 rings (SSSR count). The van der Waals surface area contributed by atoms with Gasteiger partial charge in [-0.3, -0.25) is 14.8 Å². The van der Waals surface area contributed by atoms with E-state index in [0.29, 0.717) is 39.8 Å². The highest BCUT2D eigenvalue weighted by Gasteiger charge is 2.11. The van der Waals surface area contributed by atoms with Gasteiger partial charge in [-0.1, -0.05) is 31.2 Å². The lowest BCUT2D eigenvalue weighted by molar-refractivity contribution is 0.299. The third-order valence-electron chi connectivity index (χ3n) is 5.18. The molecule has 0 radical (unpaired) electrons. The van der Waals surface area contributed by atoms with Crippen molar-refractivity contribution in [1.29, 1.82) is 0 Å². The lowest BCUT2D eigenvalue weighted by Gasteiger charge is -2.09. The minimum atomic E-state index is -0.432. The van der Waals surface area contributed by atoms with Crippen LogP contribution in [0.2, 0.25) is 0 Å². The zero-order valence-corrected chi connectivity index (χ0v) is 18.0. The minimum absolute atomic E-state index is 0.0354. The van der Waals surface area contributed by atoms with Crippen LogP contribution in [0, 0.1) is 5.82 Å². The number of H-pyrrole nitrogens is 1. The Balaban J connectivity index is 1.67. The summed E-state index contributed by atoms with van der Waals surface area (Å²) in [6.45, 7) is 2.74. The Hall–Kier alpha value is -4.13. The molecule has 6 nitrogen and oxygen atoms in total. The summed E-state index contributed by atoms with van der Waals surface area (Å²) in [5.74, 6) is -0.219. The third-order valence-corrected chi connectivity index (χ3v) is 5.18. The second-order valence-electron chi connectivity index (χ2n) is 7.61. The summed E-state index contributed by atoms with van der Waals surface area (Å²) in [6, 6.07) is 16.3. The Morgan fingerprint density at radius 3 is 2.61 bits per heavy atom. The number of nitrogens with one attached hydrogen (secondary N) is 1. The van der Waals surface area contributed by atoms with Crippen LogP contribution in [0.5, 0.6) is 17.4 Å². The summed E-state index contributed by atoms with van der Waals surface area (Å²) in [5.41, 5.74) is 2.02. The van der Waals surface area contributed by atoms with E-state index in [-0.39, 0.29) is 24.0 Å². The highest BCUT2D eigenvalue weighted by molar-refractivity contribution is 6.02. The molecule has 0 fully saturated rings. The average Bonchev–Trinajstić information content (AvgIpc) is 2.80. The predicted octanol–water partition coefficient (Wildman–Crippen LogP) is 5.15. The van der Waals surface area contributed by atoms with Crippen LogP contribution in [0.3, 0.4) is 0 Å². The number of ether oxygens (including phenoxy) is 1. The fourth-order valence-corrected chi connectivity index (χ4v) is 3.55. The number of phenolic OH excluding ortho intramolecular Hbond substituents is 1. The Labute approximate surface area is 189 Å². The van der Waals surface area contributed by atoms with Gasteiger partial charge in [0.25, 0.3) is 5.56 Å².